The number of hydrogen-bond acceptors (Lipinski definition) is 6. The Labute approximate surface area is 140 Å². The summed E-state index contributed by atoms with van der Waals surface area (Å²) in [5.74, 6) is -0.319. The molecule has 1 aromatic heterocycles. The minimum Gasteiger partial charge on any atom is -0.462 e. The minimum atomic E-state index is -0.487. The van der Waals surface area contributed by atoms with E-state index < -0.39 is 11.9 Å². The van der Waals surface area contributed by atoms with Crippen molar-refractivity contribution in [3.8, 4) is 0 Å². The van der Waals surface area contributed by atoms with Gasteiger partial charge >= 0.3 is 5.97 Å². The molecule has 0 fully saturated rings. The molecule has 24 heavy (non-hydrogen) atoms. The summed E-state index contributed by atoms with van der Waals surface area (Å²) in [5.41, 5.74) is 0.827. The lowest BCUT2D eigenvalue weighted by atomic mass is 10.1. The van der Waals surface area contributed by atoms with Crippen LogP contribution in [-0.2, 0) is 4.74 Å². The Kier molecular flexibility index (Phi) is 6.24. The first-order valence-corrected chi connectivity index (χ1v) is 7.79. The van der Waals surface area contributed by atoms with Crippen LogP contribution in [-0.4, -0.2) is 35.0 Å². The zero-order chi connectivity index (χ0) is 17.4. The Morgan fingerprint density at radius 3 is 2.58 bits per heavy atom. The van der Waals surface area contributed by atoms with E-state index >= 15 is 0 Å². The summed E-state index contributed by atoms with van der Waals surface area (Å²) < 4.78 is 4.98. The lowest BCUT2D eigenvalue weighted by Crippen LogP contribution is -2.17. The molecule has 2 aromatic rings. The maximum Gasteiger partial charge on any atom is 0.340 e. The molecule has 0 saturated heterocycles. The number of aromatic nitrogens is 2. The van der Waals surface area contributed by atoms with Crippen LogP contribution in [0.15, 0.2) is 36.7 Å². The molecule has 0 unspecified atom stereocenters. The van der Waals surface area contributed by atoms with Crippen molar-refractivity contribution in [1.29, 1.82) is 0 Å². The van der Waals surface area contributed by atoms with Crippen molar-refractivity contribution >= 4 is 23.4 Å². The van der Waals surface area contributed by atoms with Crippen LogP contribution in [0.2, 0.25) is 0 Å². The van der Waals surface area contributed by atoms with E-state index in [0.717, 1.165) is 13.0 Å². The lowest BCUT2D eigenvalue weighted by molar-refractivity contribution is 0.0527. The largest absolute Gasteiger partial charge is 0.462 e. The smallest absolute Gasteiger partial charge is 0.340 e. The summed E-state index contributed by atoms with van der Waals surface area (Å²) in [7, 11) is 0. The molecule has 0 radical (unpaired) electrons. The number of ether oxygens (including phenoxy) is 1. The molecule has 2 rings (SSSR count). The summed E-state index contributed by atoms with van der Waals surface area (Å²) in [6, 6.07) is 6.66. The van der Waals surface area contributed by atoms with Crippen molar-refractivity contribution in [2.45, 2.75) is 20.3 Å². The number of benzene rings is 1. The van der Waals surface area contributed by atoms with Crippen molar-refractivity contribution in [1.82, 2.24) is 9.97 Å². The molecule has 0 spiro atoms. The fourth-order valence-corrected chi connectivity index (χ4v) is 1.95. The maximum absolute atomic E-state index is 12.3. The van der Waals surface area contributed by atoms with Gasteiger partial charge in [0.25, 0.3) is 5.91 Å². The first kappa shape index (κ1) is 17.4. The van der Waals surface area contributed by atoms with Gasteiger partial charge in [-0.1, -0.05) is 19.1 Å². The van der Waals surface area contributed by atoms with E-state index in [4.69, 9.17) is 4.74 Å². The van der Waals surface area contributed by atoms with E-state index in [-0.39, 0.29) is 12.3 Å². The second kappa shape index (κ2) is 8.61. The molecule has 0 aliphatic rings. The van der Waals surface area contributed by atoms with Gasteiger partial charge in [-0.2, -0.15) is 0 Å². The number of carbonyl (C=O) groups is 2. The molecule has 7 heteroatoms. The van der Waals surface area contributed by atoms with E-state index in [1.54, 1.807) is 31.2 Å². The molecule has 1 heterocycles. The van der Waals surface area contributed by atoms with E-state index in [9.17, 15) is 9.59 Å². The van der Waals surface area contributed by atoms with Crippen LogP contribution in [0.3, 0.4) is 0 Å². The van der Waals surface area contributed by atoms with Gasteiger partial charge in [-0.05, 0) is 25.5 Å². The average molecular weight is 328 g/mol. The average Bonchev–Trinajstić information content (AvgIpc) is 2.61. The van der Waals surface area contributed by atoms with Crippen molar-refractivity contribution in [3.63, 3.8) is 0 Å². The summed E-state index contributed by atoms with van der Waals surface area (Å²) in [4.78, 5) is 32.4. The summed E-state index contributed by atoms with van der Waals surface area (Å²) in [6.07, 6.45) is 3.86. The van der Waals surface area contributed by atoms with Gasteiger partial charge in [0.15, 0.2) is 0 Å². The van der Waals surface area contributed by atoms with E-state index in [0.29, 0.717) is 17.1 Å². The fraction of sp³-hybridized carbons (Fsp3) is 0.294. The Morgan fingerprint density at radius 1 is 1.12 bits per heavy atom. The van der Waals surface area contributed by atoms with Gasteiger partial charge in [0.05, 0.1) is 30.3 Å². The molecule has 2 N–H and O–H groups in total. The Hall–Kier alpha value is -2.96. The van der Waals surface area contributed by atoms with Gasteiger partial charge in [0.2, 0.25) is 0 Å². The summed E-state index contributed by atoms with van der Waals surface area (Å²) in [5, 5.41) is 5.75. The standard InChI is InChI=1S/C17H20N4O3/c1-3-9-18-15-11-19-14(10-20-15)16(22)21-13-8-6-5-7-12(13)17(23)24-4-2/h5-8,10-11H,3-4,9H2,1-2H3,(H,18,20)(H,21,22). The third-order valence-electron chi connectivity index (χ3n) is 3.11. The van der Waals surface area contributed by atoms with Crippen LogP contribution in [0.4, 0.5) is 11.5 Å². The zero-order valence-corrected chi connectivity index (χ0v) is 13.7. The van der Waals surface area contributed by atoms with Crippen molar-refractivity contribution in [2.75, 3.05) is 23.8 Å². The summed E-state index contributed by atoms with van der Waals surface area (Å²) >= 11 is 0. The van der Waals surface area contributed by atoms with E-state index in [2.05, 4.69) is 20.6 Å². The van der Waals surface area contributed by atoms with E-state index in [1.165, 1.54) is 12.4 Å². The number of anilines is 2. The molecular formula is C17H20N4O3. The quantitative estimate of drug-likeness (QED) is 0.759. The molecule has 0 aliphatic carbocycles. The second-order valence-electron chi connectivity index (χ2n) is 4.93. The van der Waals surface area contributed by atoms with Gasteiger partial charge in [0, 0.05) is 6.54 Å². The zero-order valence-electron chi connectivity index (χ0n) is 13.7. The van der Waals surface area contributed by atoms with Crippen molar-refractivity contribution in [3.05, 3.63) is 47.9 Å². The first-order valence-electron chi connectivity index (χ1n) is 7.79. The number of para-hydroxylation sites is 1. The Balaban J connectivity index is 2.11. The van der Waals surface area contributed by atoms with Crippen LogP contribution in [0, 0.1) is 0 Å². The number of rotatable bonds is 7. The normalized spacial score (nSPS) is 10.1. The van der Waals surface area contributed by atoms with Gasteiger partial charge in [-0.25, -0.2) is 14.8 Å². The lowest BCUT2D eigenvalue weighted by Gasteiger charge is -2.10. The van der Waals surface area contributed by atoms with Crippen molar-refractivity contribution < 1.29 is 14.3 Å². The topological polar surface area (TPSA) is 93.2 Å². The predicted octanol–water partition coefficient (Wildman–Crippen LogP) is 2.73. The number of hydrogen-bond donors (Lipinski definition) is 2. The molecule has 126 valence electrons. The minimum absolute atomic E-state index is 0.163. The third kappa shape index (κ3) is 4.52. The molecular weight excluding hydrogens is 308 g/mol. The molecule has 0 bridgehead atoms. The van der Waals surface area contributed by atoms with Crippen LogP contribution >= 0.6 is 0 Å². The molecule has 1 aromatic carbocycles. The molecule has 1 amide bonds. The Morgan fingerprint density at radius 2 is 1.92 bits per heavy atom. The summed E-state index contributed by atoms with van der Waals surface area (Å²) in [6.45, 7) is 4.82. The monoisotopic (exact) mass is 328 g/mol. The van der Waals surface area contributed by atoms with E-state index in [1.807, 2.05) is 6.92 Å². The van der Waals surface area contributed by atoms with Crippen LogP contribution < -0.4 is 10.6 Å². The number of amides is 1. The van der Waals surface area contributed by atoms with Crippen LogP contribution in [0.1, 0.15) is 41.1 Å². The highest BCUT2D eigenvalue weighted by Gasteiger charge is 2.15. The number of nitrogens with one attached hydrogen (secondary N) is 2. The number of carbonyl (C=O) groups excluding carboxylic acids is 2. The van der Waals surface area contributed by atoms with Crippen LogP contribution in [0.5, 0.6) is 0 Å². The number of nitrogens with zero attached hydrogens (tertiary/aromatic N) is 2. The van der Waals surface area contributed by atoms with Gasteiger partial charge in [-0.3, -0.25) is 4.79 Å². The molecule has 0 aliphatic heterocycles. The second-order valence-corrected chi connectivity index (χ2v) is 4.93. The van der Waals surface area contributed by atoms with Gasteiger partial charge in [0.1, 0.15) is 11.5 Å². The molecule has 0 saturated carbocycles. The SMILES string of the molecule is CCCNc1cnc(C(=O)Nc2ccccc2C(=O)OCC)cn1. The highest BCUT2D eigenvalue weighted by Crippen LogP contribution is 2.17. The highest BCUT2D eigenvalue weighted by atomic mass is 16.5. The highest BCUT2D eigenvalue weighted by molar-refractivity contribution is 6.06. The van der Waals surface area contributed by atoms with Crippen LogP contribution in [0.25, 0.3) is 0 Å². The van der Waals surface area contributed by atoms with Gasteiger partial charge in [-0.15, -0.1) is 0 Å². The van der Waals surface area contributed by atoms with Gasteiger partial charge < -0.3 is 15.4 Å². The Bertz CT molecular complexity index is 701. The predicted molar refractivity (Wildman–Crippen MR) is 91.2 cm³/mol. The fourth-order valence-electron chi connectivity index (χ4n) is 1.95. The molecule has 0 atom stereocenters. The van der Waals surface area contributed by atoms with Crippen molar-refractivity contribution in [2.24, 2.45) is 0 Å². The third-order valence-corrected chi connectivity index (χ3v) is 3.11. The number of esters is 1. The molecule has 7 nitrogen and oxygen atoms in total. The first-order chi connectivity index (χ1) is 11.7. The maximum atomic E-state index is 12.3.